The summed E-state index contributed by atoms with van der Waals surface area (Å²) in [6, 6.07) is 0. The predicted molar refractivity (Wildman–Crippen MR) is 112 cm³/mol. The molecule has 0 saturated heterocycles. The van der Waals surface area contributed by atoms with Crippen molar-refractivity contribution in [1.82, 2.24) is 5.43 Å². The first-order valence-corrected chi connectivity index (χ1v) is 12.0. The molecule has 4 aliphatic carbocycles. The van der Waals surface area contributed by atoms with Crippen molar-refractivity contribution < 1.29 is 9.90 Å². The molecular weight excluding hydrogens is 348 g/mol. The number of hydrazine groups is 1. The third-order valence-electron chi connectivity index (χ3n) is 10.4. The second kappa shape index (κ2) is 7.58. The minimum absolute atomic E-state index is 0.0269. The first-order chi connectivity index (χ1) is 13.3. The van der Waals surface area contributed by atoms with E-state index in [1.54, 1.807) is 0 Å². The number of aliphatic hydroxyl groups excluding tert-OH is 1. The van der Waals surface area contributed by atoms with Gasteiger partial charge in [-0.3, -0.25) is 10.2 Å². The Kier molecular flexibility index (Phi) is 5.59. The standard InChI is InChI=1S/C24H42N2O2/c1-15(4-9-22(28)26-25)19-7-8-20-18-6-5-16-14-17(27)10-12-23(16,2)21(18)11-13-24(19,20)3/h15-21,27H,4-14,25H2,1-3H3,(H,26,28)/t15-,16-,17-,18-,19+,20-,21+,23+,24-/m1/s1. The topological polar surface area (TPSA) is 75.4 Å². The molecule has 1 amide bonds. The summed E-state index contributed by atoms with van der Waals surface area (Å²) in [4.78, 5) is 11.6. The van der Waals surface area contributed by atoms with Gasteiger partial charge in [-0.25, -0.2) is 5.84 Å². The van der Waals surface area contributed by atoms with Crippen LogP contribution in [0.1, 0.15) is 91.4 Å². The molecule has 160 valence electrons. The highest BCUT2D eigenvalue weighted by atomic mass is 16.3. The number of hydrogen-bond donors (Lipinski definition) is 3. The fourth-order valence-corrected chi connectivity index (χ4v) is 8.84. The zero-order valence-electron chi connectivity index (χ0n) is 18.3. The summed E-state index contributed by atoms with van der Waals surface area (Å²) in [6.45, 7) is 7.53. The van der Waals surface area contributed by atoms with Gasteiger partial charge in [0, 0.05) is 6.42 Å². The van der Waals surface area contributed by atoms with Crippen LogP contribution in [0, 0.1) is 46.3 Å². The van der Waals surface area contributed by atoms with Gasteiger partial charge >= 0.3 is 0 Å². The predicted octanol–water partition coefficient (Wildman–Crippen LogP) is 4.41. The van der Waals surface area contributed by atoms with Crippen molar-refractivity contribution in [2.24, 2.45) is 52.2 Å². The Hall–Kier alpha value is -0.610. The molecular formula is C24H42N2O2. The van der Waals surface area contributed by atoms with E-state index in [9.17, 15) is 9.90 Å². The van der Waals surface area contributed by atoms with E-state index in [1.807, 2.05) is 0 Å². The molecule has 4 fully saturated rings. The minimum Gasteiger partial charge on any atom is -0.393 e. The molecule has 28 heavy (non-hydrogen) atoms. The summed E-state index contributed by atoms with van der Waals surface area (Å²) in [5.74, 6) is 9.97. The zero-order valence-corrected chi connectivity index (χ0v) is 18.3. The molecule has 4 aliphatic rings. The molecule has 4 rings (SSSR count). The lowest BCUT2D eigenvalue weighted by Gasteiger charge is -2.61. The van der Waals surface area contributed by atoms with Crippen molar-refractivity contribution in [1.29, 1.82) is 0 Å². The van der Waals surface area contributed by atoms with E-state index in [1.165, 1.54) is 44.9 Å². The molecule has 4 nitrogen and oxygen atoms in total. The van der Waals surface area contributed by atoms with E-state index in [0.29, 0.717) is 23.2 Å². The van der Waals surface area contributed by atoms with Gasteiger partial charge in [0.15, 0.2) is 0 Å². The van der Waals surface area contributed by atoms with Gasteiger partial charge in [-0.05, 0) is 111 Å². The number of aliphatic hydroxyl groups is 1. The molecule has 4 saturated carbocycles. The fourth-order valence-electron chi connectivity index (χ4n) is 8.84. The second-order valence-corrected chi connectivity index (χ2v) is 11.4. The number of amides is 1. The van der Waals surface area contributed by atoms with E-state index < -0.39 is 0 Å². The molecule has 0 aromatic rings. The van der Waals surface area contributed by atoms with Crippen LogP contribution in [-0.2, 0) is 4.79 Å². The lowest BCUT2D eigenvalue weighted by atomic mass is 9.44. The molecule has 0 heterocycles. The Balaban J connectivity index is 1.48. The molecule has 0 aromatic heterocycles. The van der Waals surface area contributed by atoms with Gasteiger partial charge < -0.3 is 5.11 Å². The van der Waals surface area contributed by atoms with Crippen LogP contribution in [0.3, 0.4) is 0 Å². The summed E-state index contributed by atoms with van der Waals surface area (Å²) < 4.78 is 0. The molecule has 0 spiro atoms. The van der Waals surface area contributed by atoms with Crippen molar-refractivity contribution in [3.8, 4) is 0 Å². The smallest absolute Gasteiger partial charge is 0.233 e. The van der Waals surface area contributed by atoms with Gasteiger partial charge in [-0.1, -0.05) is 20.8 Å². The summed E-state index contributed by atoms with van der Waals surface area (Å²) in [6.07, 6.45) is 13.0. The van der Waals surface area contributed by atoms with Crippen LogP contribution >= 0.6 is 0 Å². The van der Waals surface area contributed by atoms with Crippen LogP contribution in [0.25, 0.3) is 0 Å². The number of hydrogen-bond acceptors (Lipinski definition) is 3. The lowest BCUT2D eigenvalue weighted by Crippen LogP contribution is -2.54. The van der Waals surface area contributed by atoms with Gasteiger partial charge in [0.1, 0.15) is 0 Å². The van der Waals surface area contributed by atoms with Crippen LogP contribution in [0.4, 0.5) is 0 Å². The second-order valence-electron chi connectivity index (χ2n) is 11.4. The first-order valence-electron chi connectivity index (χ1n) is 12.0. The molecule has 0 aliphatic heterocycles. The van der Waals surface area contributed by atoms with Crippen LogP contribution in [-0.4, -0.2) is 17.1 Å². The van der Waals surface area contributed by atoms with Crippen molar-refractivity contribution in [2.75, 3.05) is 0 Å². The number of nitrogens with one attached hydrogen (secondary N) is 1. The quantitative estimate of drug-likeness (QED) is 0.378. The van der Waals surface area contributed by atoms with Crippen molar-refractivity contribution in [3.63, 3.8) is 0 Å². The minimum atomic E-state index is -0.0501. The summed E-state index contributed by atoms with van der Waals surface area (Å²) in [5.41, 5.74) is 3.21. The van der Waals surface area contributed by atoms with Crippen molar-refractivity contribution >= 4 is 5.91 Å². The third-order valence-corrected chi connectivity index (χ3v) is 10.4. The highest BCUT2D eigenvalue weighted by Gasteiger charge is 2.60. The summed E-state index contributed by atoms with van der Waals surface area (Å²) in [5, 5.41) is 10.2. The Bertz CT molecular complexity index is 595. The molecule has 0 unspecified atom stereocenters. The molecule has 0 radical (unpaired) electrons. The maximum atomic E-state index is 11.6. The average molecular weight is 391 g/mol. The lowest BCUT2D eigenvalue weighted by molar-refractivity contribution is -0.129. The SMILES string of the molecule is C[C@H](CCC(=O)NN)[C@@H]1CC[C@@H]2[C@H]3CC[C@@H]4C[C@H](O)CC[C@]4(C)[C@H]3CC[C@@]21C. The van der Waals surface area contributed by atoms with Crippen molar-refractivity contribution in [3.05, 3.63) is 0 Å². The maximum absolute atomic E-state index is 11.6. The van der Waals surface area contributed by atoms with E-state index in [0.717, 1.165) is 48.9 Å². The largest absolute Gasteiger partial charge is 0.393 e. The van der Waals surface area contributed by atoms with Gasteiger partial charge in [-0.2, -0.15) is 0 Å². The van der Waals surface area contributed by atoms with Crippen molar-refractivity contribution in [2.45, 2.75) is 97.5 Å². The van der Waals surface area contributed by atoms with E-state index in [-0.39, 0.29) is 12.0 Å². The zero-order chi connectivity index (χ0) is 20.1. The fraction of sp³-hybridized carbons (Fsp3) is 0.958. The highest BCUT2D eigenvalue weighted by Crippen LogP contribution is 2.68. The Labute approximate surface area is 171 Å². The Morgan fingerprint density at radius 3 is 2.54 bits per heavy atom. The van der Waals surface area contributed by atoms with Gasteiger partial charge in [-0.15, -0.1) is 0 Å². The van der Waals surface area contributed by atoms with E-state index >= 15 is 0 Å². The van der Waals surface area contributed by atoms with Gasteiger partial charge in [0.25, 0.3) is 0 Å². The van der Waals surface area contributed by atoms with E-state index in [2.05, 4.69) is 26.2 Å². The molecule has 0 bridgehead atoms. The average Bonchev–Trinajstić information content (AvgIpc) is 3.03. The number of carbonyl (C=O) groups excluding carboxylic acids is 1. The number of rotatable bonds is 4. The summed E-state index contributed by atoms with van der Waals surface area (Å²) in [7, 11) is 0. The number of nitrogens with two attached hydrogens (primary N) is 1. The van der Waals surface area contributed by atoms with Gasteiger partial charge in [0.05, 0.1) is 6.10 Å². The maximum Gasteiger partial charge on any atom is 0.233 e. The van der Waals surface area contributed by atoms with Gasteiger partial charge in [0.2, 0.25) is 5.91 Å². The molecule has 4 heteroatoms. The van der Waals surface area contributed by atoms with E-state index in [4.69, 9.17) is 5.84 Å². The number of carbonyl (C=O) groups is 1. The first kappa shape index (κ1) is 20.7. The van der Waals surface area contributed by atoms with Crippen LogP contribution in [0.5, 0.6) is 0 Å². The molecule has 0 aromatic carbocycles. The molecule has 9 atom stereocenters. The Morgan fingerprint density at radius 2 is 1.79 bits per heavy atom. The van der Waals surface area contributed by atoms with Crippen LogP contribution in [0.15, 0.2) is 0 Å². The molecule has 4 N–H and O–H groups in total. The summed E-state index contributed by atoms with van der Waals surface area (Å²) >= 11 is 0. The highest BCUT2D eigenvalue weighted by molar-refractivity contribution is 5.75. The Morgan fingerprint density at radius 1 is 1.07 bits per heavy atom. The normalized spacial score (nSPS) is 48.9. The monoisotopic (exact) mass is 390 g/mol. The number of fused-ring (bicyclic) bond motifs is 5. The third kappa shape index (κ3) is 3.23. The van der Waals surface area contributed by atoms with Crippen LogP contribution in [0.2, 0.25) is 0 Å². The van der Waals surface area contributed by atoms with Crippen LogP contribution < -0.4 is 11.3 Å².